The van der Waals surface area contributed by atoms with Gasteiger partial charge in [-0.05, 0) is 19.8 Å². The lowest BCUT2D eigenvalue weighted by atomic mass is 9.82. The van der Waals surface area contributed by atoms with Crippen LogP contribution in [0.25, 0.3) is 0 Å². The second kappa shape index (κ2) is 5.44. The molecule has 1 atom stereocenters. The normalized spacial score (nSPS) is 22.4. The molecule has 0 aliphatic carbocycles. The van der Waals surface area contributed by atoms with Gasteiger partial charge in [-0.15, -0.1) is 0 Å². The van der Waals surface area contributed by atoms with Gasteiger partial charge in [-0.3, -0.25) is 9.59 Å². The number of carboxylic acid groups (broad SMARTS) is 1. The van der Waals surface area contributed by atoms with Gasteiger partial charge in [0.05, 0.1) is 18.1 Å². The monoisotopic (exact) mass is 279 g/mol. The lowest BCUT2D eigenvalue weighted by molar-refractivity contribution is -0.150. The van der Waals surface area contributed by atoms with Crippen molar-refractivity contribution in [2.75, 3.05) is 20.2 Å². The maximum Gasteiger partial charge on any atom is 0.316 e. The molecule has 1 amide bonds. The van der Waals surface area contributed by atoms with Gasteiger partial charge in [0.15, 0.2) is 0 Å². The Labute approximate surface area is 116 Å². The molecule has 0 saturated carbocycles. The quantitative estimate of drug-likeness (QED) is 0.880. The second-order valence-corrected chi connectivity index (χ2v) is 5.15. The lowest BCUT2D eigenvalue weighted by Gasteiger charge is -2.37. The first-order valence-electron chi connectivity index (χ1n) is 6.35. The van der Waals surface area contributed by atoms with Crippen LogP contribution in [0.5, 0.6) is 6.01 Å². The molecule has 1 aliphatic rings. The van der Waals surface area contributed by atoms with Crippen LogP contribution in [0.4, 0.5) is 0 Å². The number of piperidine rings is 1. The minimum atomic E-state index is -0.888. The SMILES string of the molecule is COc1ncc(C(=O)N2CCC[C@](C)(C(=O)O)C2)cn1. The van der Waals surface area contributed by atoms with Gasteiger partial charge in [0.1, 0.15) is 0 Å². The van der Waals surface area contributed by atoms with E-state index in [-0.39, 0.29) is 18.5 Å². The van der Waals surface area contributed by atoms with Gasteiger partial charge in [-0.25, -0.2) is 9.97 Å². The summed E-state index contributed by atoms with van der Waals surface area (Å²) >= 11 is 0. The number of methoxy groups -OCH3 is 1. The van der Waals surface area contributed by atoms with Crippen molar-refractivity contribution in [2.24, 2.45) is 5.41 Å². The number of ether oxygens (including phenoxy) is 1. The first-order valence-corrected chi connectivity index (χ1v) is 6.35. The van der Waals surface area contributed by atoms with Crippen LogP contribution < -0.4 is 4.74 Å². The van der Waals surface area contributed by atoms with E-state index in [0.717, 1.165) is 0 Å². The van der Waals surface area contributed by atoms with Crippen LogP contribution in [0, 0.1) is 5.41 Å². The van der Waals surface area contributed by atoms with Crippen LogP contribution in [0.2, 0.25) is 0 Å². The standard InChI is InChI=1S/C13H17N3O4/c1-13(11(18)19)4-3-5-16(8-13)10(17)9-6-14-12(20-2)15-7-9/h6-7H,3-5,8H2,1-2H3,(H,18,19)/t13-/m0/s1. The molecule has 1 N–H and O–H groups in total. The van der Waals surface area contributed by atoms with E-state index in [1.807, 2.05) is 0 Å². The smallest absolute Gasteiger partial charge is 0.316 e. The number of rotatable bonds is 3. The first kappa shape index (κ1) is 14.2. The highest BCUT2D eigenvalue weighted by atomic mass is 16.5. The van der Waals surface area contributed by atoms with Crippen molar-refractivity contribution >= 4 is 11.9 Å². The van der Waals surface area contributed by atoms with Crippen LogP contribution in [-0.4, -0.2) is 52.1 Å². The van der Waals surface area contributed by atoms with Crippen LogP contribution >= 0.6 is 0 Å². The zero-order chi connectivity index (χ0) is 14.8. The largest absolute Gasteiger partial charge is 0.481 e. The molecule has 2 rings (SSSR count). The summed E-state index contributed by atoms with van der Waals surface area (Å²) in [6.45, 7) is 2.42. The molecule has 1 aromatic heterocycles. The van der Waals surface area contributed by atoms with Crippen molar-refractivity contribution in [3.63, 3.8) is 0 Å². The van der Waals surface area contributed by atoms with Crippen LogP contribution in [0.15, 0.2) is 12.4 Å². The molecule has 1 saturated heterocycles. The molecule has 20 heavy (non-hydrogen) atoms. The Bertz CT molecular complexity index is 517. The van der Waals surface area contributed by atoms with E-state index in [2.05, 4.69) is 9.97 Å². The number of carboxylic acids is 1. The molecule has 2 heterocycles. The Morgan fingerprint density at radius 2 is 2.05 bits per heavy atom. The van der Waals surface area contributed by atoms with E-state index < -0.39 is 11.4 Å². The number of carbonyl (C=O) groups excluding carboxylic acids is 1. The zero-order valence-corrected chi connectivity index (χ0v) is 11.5. The molecular formula is C13H17N3O4. The van der Waals surface area contributed by atoms with E-state index in [4.69, 9.17) is 4.74 Å². The number of likely N-dealkylation sites (tertiary alicyclic amines) is 1. The highest BCUT2D eigenvalue weighted by Gasteiger charge is 2.39. The summed E-state index contributed by atoms with van der Waals surface area (Å²) < 4.78 is 4.83. The summed E-state index contributed by atoms with van der Waals surface area (Å²) in [4.78, 5) is 32.9. The minimum Gasteiger partial charge on any atom is -0.481 e. The average molecular weight is 279 g/mol. The highest BCUT2D eigenvalue weighted by molar-refractivity contribution is 5.94. The van der Waals surface area contributed by atoms with Crippen molar-refractivity contribution in [3.05, 3.63) is 18.0 Å². The summed E-state index contributed by atoms with van der Waals surface area (Å²) in [7, 11) is 1.44. The van der Waals surface area contributed by atoms with Gasteiger partial charge in [-0.1, -0.05) is 0 Å². The predicted octanol–water partition coefficient (Wildman–Crippen LogP) is 0.812. The summed E-state index contributed by atoms with van der Waals surface area (Å²) in [5, 5.41) is 9.26. The number of hydrogen-bond donors (Lipinski definition) is 1. The molecular weight excluding hydrogens is 262 g/mol. The maximum absolute atomic E-state index is 12.3. The third-order valence-corrected chi connectivity index (χ3v) is 3.56. The Kier molecular flexibility index (Phi) is 3.87. The number of amides is 1. The summed E-state index contributed by atoms with van der Waals surface area (Å²) in [6.07, 6.45) is 4.03. The molecule has 1 fully saturated rings. The van der Waals surface area contributed by atoms with Gasteiger partial charge >= 0.3 is 12.0 Å². The number of carbonyl (C=O) groups is 2. The molecule has 108 valence electrons. The zero-order valence-electron chi connectivity index (χ0n) is 11.5. The third kappa shape index (κ3) is 2.71. The highest BCUT2D eigenvalue weighted by Crippen LogP contribution is 2.30. The molecule has 0 aromatic carbocycles. The molecule has 0 unspecified atom stereocenters. The lowest BCUT2D eigenvalue weighted by Crippen LogP contribution is -2.48. The predicted molar refractivity (Wildman–Crippen MR) is 69.5 cm³/mol. The van der Waals surface area contributed by atoms with E-state index in [1.165, 1.54) is 19.5 Å². The number of nitrogens with zero attached hydrogens (tertiary/aromatic N) is 3. The first-order chi connectivity index (χ1) is 9.46. The van der Waals surface area contributed by atoms with Crippen molar-refractivity contribution < 1.29 is 19.4 Å². The van der Waals surface area contributed by atoms with E-state index >= 15 is 0 Å². The van der Waals surface area contributed by atoms with Crippen molar-refractivity contribution in [2.45, 2.75) is 19.8 Å². The Balaban J connectivity index is 2.14. The summed E-state index contributed by atoms with van der Waals surface area (Å²) in [5.74, 6) is -1.12. The topological polar surface area (TPSA) is 92.6 Å². The van der Waals surface area contributed by atoms with E-state index in [1.54, 1.807) is 11.8 Å². The second-order valence-electron chi connectivity index (χ2n) is 5.15. The Hall–Kier alpha value is -2.18. The minimum absolute atomic E-state index is 0.190. The van der Waals surface area contributed by atoms with E-state index in [0.29, 0.717) is 24.9 Å². The fraction of sp³-hybridized carbons (Fsp3) is 0.538. The van der Waals surface area contributed by atoms with Gasteiger partial charge in [0.25, 0.3) is 5.91 Å². The Morgan fingerprint density at radius 3 is 2.60 bits per heavy atom. The Morgan fingerprint density at radius 1 is 1.40 bits per heavy atom. The molecule has 0 radical (unpaired) electrons. The molecule has 1 aliphatic heterocycles. The number of hydrogen-bond acceptors (Lipinski definition) is 5. The van der Waals surface area contributed by atoms with E-state index in [9.17, 15) is 14.7 Å². The van der Waals surface area contributed by atoms with Crippen LogP contribution in [0.1, 0.15) is 30.1 Å². The molecule has 1 aromatic rings. The average Bonchev–Trinajstić information content (AvgIpc) is 2.46. The van der Waals surface area contributed by atoms with Gasteiger partial charge in [0, 0.05) is 25.5 Å². The maximum atomic E-state index is 12.3. The number of aliphatic carboxylic acids is 1. The van der Waals surface area contributed by atoms with Crippen LogP contribution in [-0.2, 0) is 4.79 Å². The van der Waals surface area contributed by atoms with Crippen molar-refractivity contribution in [1.29, 1.82) is 0 Å². The van der Waals surface area contributed by atoms with Gasteiger partial charge < -0.3 is 14.7 Å². The molecule has 7 nitrogen and oxygen atoms in total. The van der Waals surface area contributed by atoms with Crippen molar-refractivity contribution in [1.82, 2.24) is 14.9 Å². The fourth-order valence-electron chi connectivity index (χ4n) is 2.30. The third-order valence-electron chi connectivity index (χ3n) is 3.56. The van der Waals surface area contributed by atoms with Crippen LogP contribution in [0.3, 0.4) is 0 Å². The summed E-state index contributed by atoms with van der Waals surface area (Å²) in [6, 6.07) is 0.190. The van der Waals surface area contributed by atoms with Gasteiger partial charge in [0.2, 0.25) is 0 Å². The molecule has 0 spiro atoms. The number of aromatic nitrogens is 2. The molecule has 0 bridgehead atoms. The van der Waals surface area contributed by atoms with Crippen molar-refractivity contribution in [3.8, 4) is 6.01 Å². The fourth-order valence-corrected chi connectivity index (χ4v) is 2.30. The molecule has 7 heteroatoms. The summed E-state index contributed by atoms with van der Waals surface area (Å²) in [5.41, 5.74) is -0.554. The van der Waals surface area contributed by atoms with Gasteiger partial charge in [-0.2, -0.15) is 0 Å².